The highest BCUT2D eigenvalue weighted by molar-refractivity contribution is 9.08. The zero-order valence-corrected chi connectivity index (χ0v) is 13.6. The lowest BCUT2D eigenvalue weighted by molar-refractivity contribution is -0.149. The highest BCUT2D eigenvalue weighted by Crippen LogP contribution is 2.37. The van der Waals surface area contributed by atoms with Gasteiger partial charge in [0.2, 0.25) is 0 Å². The zero-order valence-electron chi connectivity index (χ0n) is 10.5. The summed E-state index contributed by atoms with van der Waals surface area (Å²) in [5, 5.41) is 1.47. The zero-order chi connectivity index (χ0) is 13.2. The number of methoxy groups -OCH3 is 1. The summed E-state index contributed by atoms with van der Waals surface area (Å²) in [7, 11) is 1.69. The number of ether oxygens (including phenoxy) is 3. The average molecular weight is 380 g/mol. The summed E-state index contributed by atoms with van der Waals surface area (Å²) in [6.45, 7) is 3.23. The summed E-state index contributed by atoms with van der Waals surface area (Å²) < 4.78 is 16.9. The standard InChI is InChI=1S/C13H16Br2O3/c1-13(17-3-4-18-13)11-5-9(7-14)12(16-2)10(6-11)8-15/h5-6H,3-4,7-8H2,1-2H3. The topological polar surface area (TPSA) is 27.7 Å². The third-order valence-electron chi connectivity index (χ3n) is 3.10. The molecule has 0 aromatic heterocycles. The Morgan fingerprint density at radius 2 is 1.67 bits per heavy atom. The number of rotatable bonds is 4. The van der Waals surface area contributed by atoms with Crippen LogP contribution in [0.3, 0.4) is 0 Å². The Labute approximate surface area is 124 Å². The van der Waals surface area contributed by atoms with E-state index in [4.69, 9.17) is 14.2 Å². The van der Waals surface area contributed by atoms with E-state index in [9.17, 15) is 0 Å². The van der Waals surface area contributed by atoms with Gasteiger partial charge >= 0.3 is 0 Å². The number of benzene rings is 1. The smallest absolute Gasteiger partial charge is 0.192 e. The van der Waals surface area contributed by atoms with E-state index in [0.717, 1.165) is 33.1 Å². The van der Waals surface area contributed by atoms with E-state index in [1.807, 2.05) is 6.92 Å². The molecule has 0 aliphatic carbocycles. The Morgan fingerprint density at radius 3 is 2.06 bits per heavy atom. The second kappa shape index (κ2) is 5.90. The fourth-order valence-corrected chi connectivity index (χ4v) is 2.99. The van der Waals surface area contributed by atoms with Crippen molar-refractivity contribution in [1.29, 1.82) is 0 Å². The minimum absolute atomic E-state index is 0.635. The molecule has 0 N–H and O–H groups in total. The Balaban J connectivity index is 2.49. The van der Waals surface area contributed by atoms with Gasteiger partial charge in [-0.25, -0.2) is 0 Å². The second-order valence-electron chi connectivity index (χ2n) is 4.24. The molecule has 100 valence electrons. The first-order valence-corrected chi connectivity index (χ1v) is 7.99. The number of halogens is 2. The number of hydrogen-bond acceptors (Lipinski definition) is 3. The van der Waals surface area contributed by atoms with Gasteiger partial charge in [-0.2, -0.15) is 0 Å². The molecular weight excluding hydrogens is 364 g/mol. The van der Waals surface area contributed by atoms with Crippen LogP contribution in [0.5, 0.6) is 5.75 Å². The maximum Gasteiger partial charge on any atom is 0.192 e. The predicted octanol–water partition coefficient (Wildman–Crippen LogP) is 3.70. The lowest BCUT2D eigenvalue weighted by Crippen LogP contribution is -2.23. The van der Waals surface area contributed by atoms with Crippen molar-refractivity contribution in [3.63, 3.8) is 0 Å². The molecule has 1 aromatic carbocycles. The molecule has 1 aliphatic rings. The van der Waals surface area contributed by atoms with Gasteiger partial charge in [-0.05, 0) is 19.1 Å². The summed E-state index contributed by atoms with van der Waals surface area (Å²) in [5.74, 6) is 0.272. The normalized spacial score (nSPS) is 18.0. The van der Waals surface area contributed by atoms with Gasteiger partial charge in [-0.1, -0.05) is 31.9 Å². The molecule has 0 radical (unpaired) electrons. The summed E-state index contributed by atoms with van der Waals surface area (Å²) in [4.78, 5) is 0. The van der Waals surface area contributed by atoms with Crippen LogP contribution in [-0.2, 0) is 25.9 Å². The molecule has 1 aromatic rings. The predicted molar refractivity (Wildman–Crippen MR) is 77.5 cm³/mol. The molecule has 1 saturated heterocycles. The number of hydrogen-bond donors (Lipinski definition) is 0. The van der Waals surface area contributed by atoms with E-state index in [1.54, 1.807) is 7.11 Å². The van der Waals surface area contributed by atoms with Crippen molar-refractivity contribution in [2.45, 2.75) is 23.4 Å². The summed E-state index contributed by atoms with van der Waals surface area (Å²) in [6, 6.07) is 4.15. The van der Waals surface area contributed by atoms with Gasteiger partial charge in [-0.3, -0.25) is 0 Å². The fraction of sp³-hybridized carbons (Fsp3) is 0.538. The minimum atomic E-state index is -0.639. The van der Waals surface area contributed by atoms with Gasteiger partial charge in [0.15, 0.2) is 5.79 Å². The van der Waals surface area contributed by atoms with E-state index >= 15 is 0 Å². The van der Waals surface area contributed by atoms with Crippen molar-refractivity contribution in [3.05, 3.63) is 28.8 Å². The molecule has 5 heteroatoms. The minimum Gasteiger partial charge on any atom is -0.496 e. The highest BCUT2D eigenvalue weighted by atomic mass is 79.9. The molecule has 0 unspecified atom stereocenters. The first-order valence-electron chi connectivity index (χ1n) is 5.74. The molecule has 18 heavy (non-hydrogen) atoms. The third-order valence-corrected chi connectivity index (χ3v) is 4.31. The van der Waals surface area contributed by atoms with Crippen LogP contribution >= 0.6 is 31.9 Å². The molecule has 1 fully saturated rings. The van der Waals surface area contributed by atoms with Crippen molar-refractivity contribution < 1.29 is 14.2 Å². The Kier molecular flexibility index (Phi) is 4.69. The van der Waals surface area contributed by atoms with Gasteiger partial charge in [-0.15, -0.1) is 0 Å². The maximum absolute atomic E-state index is 5.71. The van der Waals surface area contributed by atoms with Crippen molar-refractivity contribution in [2.75, 3.05) is 20.3 Å². The van der Waals surface area contributed by atoms with Gasteiger partial charge in [0, 0.05) is 27.4 Å². The quantitative estimate of drug-likeness (QED) is 0.746. The average Bonchev–Trinajstić information content (AvgIpc) is 2.85. The Hall–Kier alpha value is -0.100. The summed E-state index contributed by atoms with van der Waals surface area (Å²) in [6.07, 6.45) is 0. The first-order chi connectivity index (χ1) is 8.64. The third kappa shape index (κ3) is 2.59. The van der Waals surface area contributed by atoms with Crippen molar-refractivity contribution in [2.24, 2.45) is 0 Å². The van der Waals surface area contributed by atoms with Crippen molar-refractivity contribution in [3.8, 4) is 5.75 Å². The second-order valence-corrected chi connectivity index (χ2v) is 5.36. The molecule has 2 rings (SSSR count). The van der Waals surface area contributed by atoms with Crippen molar-refractivity contribution >= 4 is 31.9 Å². The Bertz CT molecular complexity index is 403. The van der Waals surface area contributed by atoms with Crippen LogP contribution in [0, 0.1) is 0 Å². The van der Waals surface area contributed by atoms with E-state index in [0.29, 0.717) is 13.2 Å². The highest BCUT2D eigenvalue weighted by Gasteiger charge is 2.34. The van der Waals surface area contributed by atoms with Crippen LogP contribution in [-0.4, -0.2) is 20.3 Å². The maximum atomic E-state index is 5.71. The van der Waals surface area contributed by atoms with Crippen LogP contribution in [0.1, 0.15) is 23.6 Å². The molecule has 1 aliphatic heterocycles. The van der Waals surface area contributed by atoms with Crippen LogP contribution in [0.15, 0.2) is 12.1 Å². The fourth-order valence-electron chi connectivity index (χ4n) is 2.16. The molecule has 1 heterocycles. The Morgan fingerprint density at radius 1 is 1.17 bits per heavy atom. The van der Waals surface area contributed by atoms with Crippen molar-refractivity contribution in [1.82, 2.24) is 0 Å². The van der Waals surface area contributed by atoms with E-state index < -0.39 is 5.79 Å². The lowest BCUT2D eigenvalue weighted by atomic mass is 10.0. The van der Waals surface area contributed by atoms with E-state index in [1.165, 1.54) is 0 Å². The lowest BCUT2D eigenvalue weighted by Gasteiger charge is -2.25. The monoisotopic (exact) mass is 378 g/mol. The van der Waals surface area contributed by atoms with Crippen LogP contribution < -0.4 is 4.74 Å². The van der Waals surface area contributed by atoms with Crippen LogP contribution in [0.4, 0.5) is 0 Å². The van der Waals surface area contributed by atoms with Gasteiger partial charge < -0.3 is 14.2 Å². The number of alkyl halides is 2. The molecule has 0 spiro atoms. The molecular formula is C13H16Br2O3. The van der Waals surface area contributed by atoms with Crippen LogP contribution in [0.2, 0.25) is 0 Å². The van der Waals surface area contributed by atoms with E-state index in [-0.39, 0.29) is 0 Å². The molecule has 0 amide bonds. The SMILES string of the molecule is COc1c(CBr)cc(C2(C)OCCO2)cc1CBr. The molecule has 0 saturated carbocycles. The molecule has 3 nitrogen and oxygen atoms in total. The molecule has 0 bridgehead atoms. The summed E-state index contributed by atoms with van der Waals surface area (Å²) >= 11 is 6.99. The van der Waals surface area contributed by atoms with Gasteiger partial charge in [0.1, 0.15) is 5.75 Å². The van der Waals surface area contributed by atoms with Gasteiger partial charge in [0.05, 0.1) is 20.3 Å². The molecule has 0 atom stereocenters. The van der Waals surface area contributed by atoms with Gasteiger partial charge in [0.25, 0.3) is 0 Å². The van der Waals surface area contributed by atoms with E-state index in [2.05, 4.69) is 44.0 Å². The largest absolute Gasteiger partial charge is 0.496 e. The summed E-state index contributed by atoms with van der Waals surface area (Å²) in [5.41, 5.74) is 3.24. The first kappa shape index (κ1) is 14.3. The van der Waals surface area contributed by atoms with Crippen LogP contribution in [0.25, 0.3) is 0 Å².